The van der Waals surface area contributed by atoms with Crippen LogP contribution in [-0.2, 0) is 4.79 Å². The molecule has 82 valence electrons. The molecule has 5 nitrogen and oxygen atoms in total. The first kappa shape index (κ1) is 12.7. The van der Waals surface area contributed by atoms with Crippen LogP contribution in [0.15, 0.2) is 0 Å². The Morgan fingerprint density at radius 3 is 2.14 bits per heavy atom. The Labute approximate surface area is 84.9 Å². The molecule has 0 aliphatic heterocycles. The van der Waals surface area contributed by atoms with Crippen LogP contribution < -0.4 is 16.6 Å². The van der Waals surface area contributed by atoms with Crippen LogP contribution in [-0.4, -0.2) is 11.9 Å². The zero-order valence-corrected chi connectivity index (χ0v) is 8.89. The number of rotatable bonds is 5. The lowest BCUT2D eigenvalue weighted by Gasteiger charge is -2.15. The molecule has 0 bridgehead atoms. The molecule has 0 atom stereocenters. The lowest BCUT2D eigenvalue weighted by atomic mass is 9.98. The van der Waals surface area contributed by atoms with Crippen LogP contribution in [0.5, 0.6) is 0 Å². The van der Waals surface area contributed by atoms with Crippen LogP contribution >= 0.6 is 0 Å². The highest BCUT2D eigenvalue weighted by Crippen LogP contribution is 2.12. The highest BCUT2D eigenvalue weighted by molar-refractivity contribution is 5.82. The van der Waals surface area contributed by atoms with Gasteiger partial charge in [0.05, 0.1) is 0 Å². The molecular weight excluding hydrogens is 180 g/mol. The third-order valence-electron chi connectivity index (χ3n) is 1.97. The van der Waals surface area contributed by atoms with Gasteiger partial charge in [0.25, 0.3) is 0 Å². The largest absolute Gasteiger partial charge is 0.369 e. The van der Waals surface area contributed by atoms with Gasteiger partial charge in [0.15, 0.2) is 0 Å². The monoisotopic (exact) mass is 200 g/mol. The van der Waals surface area contributed by atoms with E-state index >= 15 is 0 Å². The molecule has 0 aliphatic carbocycles. The third kappa shape index (κ3) is 5.40. The van der Waals surface area contributed by atoms with Gasteiger partial charge in [-0.05, 0) is 12.8 Å². The van der Waals surface area contributed by atoms with Crippen molar-refractivity contribution in [2.75, 3.05) is 0 Å². The molecule has 1 amide bonds. The fourth-order valence-electron chi connectivity index (χ4n) is 1.33. The molecule has 5 heteroatoms. The van der Waals surface area contributed by atoms with Crippen LogP contribution in [0.2, 0.25) is 0 Å². The molecule has 0 unspecified atom stereocenters. The number of hydrogen-bond acceptors (Lipinski definition) is 2. The van der Waals surface area contributed by atoms with E-state index in [0.717, 1.165) is 25.7 Å². The molecule has 0 saturated heterocycles. The molecule has 0 aromatic heterocycles. The maximum atomic E-state index is 11.5. The second-order valence-electron chi connectivity index (χ2n) is 3.30. The van der Waals surface area contributed by atoms with Crippen LogP contribution in [0.3, 0.4) is 0 Å². The summed E-state index contributed by atoms with van der Waals surface area (Å²) >= 11 is 0. The molecule has 0 aliphatic rings. The minimum Gasteiger partial charge on any atom is -0.369 e. The minimum atomic E-state index is -0.245. The van der Waals surface area contributed by atoms with Crippen molar-refractivity contribution in [3.63, 3.8) is 0 Å². The Bertz CT molecular complexity index is 187. The van der Waals surface area contributed by atoms with E-state index in [-0.39, 0.29) is 17.8 Å². The quantitative estimate of drug-likeness (QED) is 0.299. The summed E-state index contributed by atoms with van der Waals surface area (Å²) in [6.45, 7) is 4.10. The Morgan fingerprint density at radius 1 is 1.29 bits per heavy atom. The van der Waals surface area contributed by atoms with Crippen molar-refractivity contribution in [2.24, 2.45) is 11.7 Å². The van der Waals surface area contributed by atoms with E-state index in [4.69, 9.17) is 11.1 Å². The summed E-state index contributed by atoms with van der Waals surface area (Å²) in [5.41, 5.74) is 9.76. The molecule has 0 rings (SSSR count). The van der Waals surface area contributed by atoms with E-state index < -0.39 is 0 Å². The van der Waals surface area contributed by atoms with Crippen LogP contribution in [0, 0.1) is 11.3 Å². The van der Waals surface area contributed by atoms with E-state index in [2.05, 4.69) is 10.9 Å². The number of hydrogen-bond donors (Lipinski definition) is 4. The zero-order chi connectivity index (χ0) is 11.0. The predicted molar refractivity (Wildman–Crippen MR) is 56.5 cm³/mol. The highest BCUT2D eigenvalue weighted by Gasteiger charge is 2.15. The lowest BCUT2D eigenvalue weighted by molar-refractivity contribution is -0.126. The van der Waals surface area contributed by atoms with Gasteiger partial charge >= 0.3 is 0 Å². The first-order valence-corrected chi connectivity index (χ1v) is 5.01. The van der Waals surface area contributed by atoms with Crippen molar-refractivity contribution in [3.05, 3.63) is 0 Å². The smallest absolute Gasteiger partial charge is 0.241 e. The Balaban J connectivity index is 3.94. The van der Waals surface area contributed by atoms with Gasteiger partial charge in [-0.1, -0.05) is 26.7 Å². The molecule has 0 spiro atoms. The molecule has 5 N–H and O–H groups in total. The fourth-order valence-corrected chi connectivity index (χ4v) is 1.33. The number of guanidine groups is 1. The van der Waals surface area contributed by atoms with E-state index in [1.54, 1.807) is 0 Å². The zero-order valence-electron chi connectivity index (χ0n) is 8.89. The fraction of sp³-hybridized carbons (Fsp3) is 0.778. The van der Waals surface area contributed by atoms with Gasteiger partial charge in [-0.15, -0.1) is 0 Å². The molecule has 0 heterocycles. The maximum Gasteiger partial charge on any atom is 0.241 e. The summed E-state index contributed by atoms with van der Waals surface area (Å²) in [6, 6.07) is 0. The molecule has 14 heavy (non-hydrogen) atoms. The van der Waals surface area contributed by atoms with E-state index in [1.165, 1.54) is 0 Å². The van der Waals surface area contributed by atoms with Gasteiger partial charge in [0.1, 0.15) is 0 Å². The number of nitrogens with one attached hydrogen (secondary N) is 3. The van der Waals surface area contributed by atoms with Crippen LogP contribution in [0.1, 0.15) is 39.5 Å². The number of amides is 1. The standard InChI is InChI=1S/C9H20N4O/c1-3-5-7(6-4-2)8(14)12-13-9(10)11/h7H,3-6H2,1-2H3,(H,12,14)(H4,10,11,13). The lowest BCUT2D eigenvalue weighted by Crippen LogP contribution is -2.47. The van der Waals surface area contributed by atoms with Crippen molar-refractivity contribution in [1.82, 2.24) is 10.9 Å². The summed E-state index contributed by atoms with van der Waals surface area (Å²) in [7, 11) is 0. The van der Waals surface area contributed by atoms with Gasteiger partial charge in [-0.3, -0.25) is 21.1 Å². The van der Waals surface area contributed by atoms with Crippen LogP contribution in [0.4, 0.5) is 0 Å². The normalized spacial score (nSPS) is 9.93. The highest BCUT2D eigenvalue weighted by atomic mass is 16.2. The van der Waals surface area contributed by atoms with E-state index in [0.29, 0.717) is 0 Å². The van der Waals surface area contributed by atoms with E-state index in [9.17, 15) is 4.79 Å². The summed E-state index contributed by atoms with van der Waals surface area (Å²) < 4.78 is 0. The maximum absolute atomic E-state index is 11.5. The van der Waals surface area contributed by atoms with Crippen LogP contribution in [0.25, 0.3) is 0 Å². The number of carbonyl (C=O) groups is 1. The van der Waals surface area contributed by atoms with Gasteiger partial charge in [-0.2, -0.15) is 0 Å². The summed E-state index contributed by atoms with van der Waals surface area (Å²) in [5, 5.41) is 6.88. The van der Waals surface area contributed by atoms with Gasteiger partial charge in [0.2, 0.25) is 11.9 Å². The second-order valence-corrected chi connectivity index (χ2v) is 3.30. The SMILES string of the molecule is CCCC(CCC)C(=O)NNC(=N)N. The van der Waals surface area contributed by atoms with Crippen molar-refractivity contribution in [1.29, 1.82) is 5.41 Å². The first-order valence-electron chi connectivity index (χ1n) is 5.01. The van der Waals surface area contributed by atoms with Gasteiger partial charge in [0, 0.05) is 5.92 Å². The molecule has 0 saturated carbocycles. The number of nitrogens with two attached hydrogens (primary N) is 1. The van der Waals surface area contributed by atoms with Crippen molar-refractivity contribution in [2.45, 2.75) is 39.5 Å². The third-order valence-corrected chi connectivity index (χ3v) is 1.97. The first-order chi connectivity index (χ1) is 6.61. The second kappa shape index (κ2) is 7.17. The van der Waals surface area contributed by atoms with E-state index in [1.807, 2.05) is 13.8 Å². The van der Waals surface area contributed by atoms with Gasteiger partial charge in [-0.25, -0.2) is 0 Å². The average molecular weight is 200 g/mol. The molecule has 0 aromatic carbocycles. The predicted octanol–water partition coefficient (Wildman–Crippen LogP) is 0.717. The molecule has 0 aromatic rings. The Morgan fingerprint density at radius 2 is 1.79 bits per heavy atom. The average Bonchev–Trinajstić information content (AvgIpc) is 2.14. The summed E-state index contributed by atoms with van der Waals surface area (Å²) in [5.74, 6) is -0.300. The molecule has 0 radical (unpaired) electrons. The topological polar surface area (TPSA) is 91.0 Å². The van der Waals surface area contributed by atoms with Crippen molar-refractivity contribution < 1.29 is 4.79 Å². The minimum absolute atomic E-state index is 0.0249. The number of hydrazine groups is 1. The summed E-state index contributed by atoms with van der Waals surface area (Å²) in [4.78, 5) is 11.5. The van der Waals surface area contributed by atoms with Gasteiger partial charge < -0.3 is 5.73 Å². The molecule has 0 fully saturated rings. The number of carbonyl (C=O) groups excluding carboxylic acids is 1. The Kier molecular flexibility index (Phi) is 6.53. The molecular formula is C9H20N4O. The van der Waals surface area contributed by atoms with Crippen molar-refractivity contribution in [3.8, 4) is 0 Å². The van der Waals surface area contributed by atoms with Crippen molar-refractivity contribution >= 4 is 11.9 Å². The Hall–Kier alpha value is -1.26. The summed E-state index contributed by atoms with van der Waals surface area (Å²) in [6.07, 6.45) is 3.72.